The maximum Gasteiger partial charge on any atom is 0.222 e. The molecule has 3 aromatic rings. The lowest BCUT2D eigenvalue weighted by Crippen LogP contribution is -2.08. The molecule has 0 aliphatic carbocycles. The molecule has 1 N–H and O–H groups in total. The van der Waals surface area contributed by atoms with E-state index in [1.165, 1.54) is 0 Å². The third-order valence-corrected chi connectivity index (χ3v) is 4.73. The topological polar surface area (TPSA) is 63.8 Å². The molecule has 0 saturated heterocycles. The lowest BCUT2D eigenvalue weighted by Gasteiger charge is -2.10. The van der Waals surface area contributed by atoms with Gasteiger partial charge in [-0.3, -0.25) is 0 Å². The van der Waals surface area contributed by atoms with Crippen LogP contribution in [0.1, 0.15) is 5.56 Å². The van der Waals surface area contributed by atoms with Gasteiger partial charge in [0.2, 0.25) is 5.88 Å². The summed E-state index contributed by atoms with van der Waals surface area (Å²) in [6.45, 7) is 2.68. The molecule has 0 radical (unpaired) electrons. The van der Waals surface area contributed by atoms with Crippen LogP contribution in [0.15, 0.2) is 50.5 Å². The van der Waals surface area contributed by atoms with E-state index >= 15 is 0 Å². The number of benzene rings is 2. The Hall–Kier alpha value is -1.86. The molecule has 0 aliphatic heterocycles. The zero-order valence-electron chi connectivity index (χ0n) is 12.8. The van der Waals surface area contributed by atoms with E-state index in [-0.39, 0.29) is 11.6 Å². The van der Waals surface area contributed by atoms with Crippen LogP contribution in [0.25, 0.3) is 10.9 Å². The number of ether oxygens (including phenoxy) is 1. The fraction of sp³-hybridized carbons (Fsp3) is 0.176. The number of nitroso groups, excluding NO2 is 1. The summed E-state index contributed by atoms with van der Waals surface area (Å²) >= 11 is 6.78. The number of aryl methyl sites for hydroxylation is 1. The van der Waals surface area contributed by atoms with Gasteiger partial charge in [0.25, 0.3) is 0 Å². The second kappa shape index (κ2) is 6.94. The number of hydrogen-bond donors (Lipinski definition) is 1. The molecule has 0 saturated carbocycles. The maximum absolute atomic E-state index is 11.1. The molecular formula is C17H14Br2N2O3. The number of rotatable bonds is 5. The van der Waals surface area contributed by atoms with Crippen LogP contribution in [0, 0.1) is 11.8 Å². The van der Waals surface area contributed by atoms with E-state index in [1.54, 1.807) is 10.6 Å². The minimum Gasteiger partial charge on any atom is -0.493 e. The van der Waals surface area contributed by atoms with Gasteiger partial charge < -0.3 is 14.4 Å². The summed E-state index contributed by atoms with van der Waals surface area (Å²) in [4.78, 5) is 11.1. The summed E-state index contributed by atoms with van der Waals surface area (Å²) in [5.74, 6) is 0.600. The van der Waals surface area contributed by atoms with Crippen LogP contribution in [0.5, 0.6) is 11.6 Å². The molecule has 0 aliphatic rings. The minimum absolute atomic E-state index is 0.0537. The normalized spacial score (nSPS) is 11.0. The molecule has 0 fully saturated rings. The standard InChI is InChI=1S/C17H14Br2N2O3/c1-10-8-12(19)9-14-15(20-23)17(22)21(16(10)14)6-7-24-13-4-2-11(18)3-5-13/h2-5,8-9,22H,6-7H2,1H3. The third-order valence-electron chi connectivity index (χ3n) is 3.75. The van der Waals surface area contributed by atoms with Crippen molar-refractivity contribution in [3.63, 3.8) is 0 Å². The smallest absolute Gasteiger partial charge is 0.222 e. The highest BCUT2D eigenvalue weighted by atomic mass is 79.9. The second-order valence-electron chi connectivity index (χ2n) is 5.34. The molecule has 24 heavy (non-hydrogen) atoms. The van der Waals surface area contributed by atoms with E-state index in [4.69, 9.17) is 4.74 Å². The summed E-state index contributed by atoms with van der Waals surface area (Å²) in [5, 5.41) is 14.0. The predicted molar refractivity (Wildman–Crippen MR) is 101 cm³/mol. The van der Waals surface area contributed by atoms with Crippen molar-refractivity contribution in [2.45, 2.75) is 13.5 Å². The van der Waals surface area contributed by atoms with Crippen molar-refractivity contribution in [3.8, 4) is 11.6 Å². The van der Waals surface area contributed by atoms with Gasteiger partial charge in [-0.2, -0.15) is 0 Å². The highest BCUT2D eigenvalue weighted by Gasteiger charge is 2.19. The van der Waals surface area contributed by atoms with Crippen LogP contribution in [0.3, 0.4) is 0 Å². The largest absolute Gasteiger partial charge is 0.493 e. The first kappa shape index (κ1) is 17.0. The first-order valence-electron chi connectivity index (χ1n) is 7.24. The molecule has 0 bridgehead atoms. The Morgan fingerprint density at radius 2 is 1.88 bits per heavy atom. The van der Waals surface area contributed by atoms with Gasteiger partial charge in [-0.1, -0.05) is 31.9 Å². The molecule has 5 nitrogen and oxygen atoms in total. The summed E-state index contributed by atoms with van der Waals surface area (Å²) in [6.07, 6.45) is 0. The SMILES string of the molecule is Cc1cc(Br)cc2c(N=O)c(O)n(CCOc3ccc(Br)cc3)c12. The van der Waals surface area contributed by atoms with Gasteiger partial charge >= 0.3 is 0 Å². The number of nitrogens with zero attached hydrogens (tertiary/aromatic N) is 2. The first-order valence-corrected chi connectivity index (χ1v) is 8.83. The molecular weight excluding hydrogens is 440 g/mol. The van der Waals surface area contributed by atoms with Gasteiger partial charge in [-0.05, 0) is 54.1 Å². The molecule has 0 spiro atoms. The average Bonchev–Trinajstić information content (AvgIpc) is 2.81. The third kappa shape index (κ3) is 3.18. The van der Waals surface area contributed by atoms with Crippen molar-refractivity contribution >= 4 is 48.5 Å². The Morgan fingerprint density at radius 3 is 2.54 bits per heavy atom. The maximum atomic E-state index is 11.1. The molecule has 2 aromatic carbocycles. The predicted octanol–water partition coefficient (Wildman–Crippen LogP) is 5.66. The zero-order valence-corrected chi connectivity index (χ0v) is 16.0. The fourth-order valence-electron chi connectivity index (χ4n) is 2.72. The van der Waals surface area contributed by atoms with Gasteiger partial charge in [0.1, 0.15) is 12.4 Å². The lowest BCUT2D eigenvalue weighted by atomic mass is 10.1. The summed E-state index contributed by atoms with van der Waals surface area (Å²) in [5.41, 5.74) is 1.77. The van der Waals surface area contributed by atoms with E-state index in [0.717, 1.165) is 25.8 Å². The van der Waals surface area contributed by atoms with E-state index in [0.29, 0.717) is 18.5 Å². The summed E-state index contributed by atoms with van der Waals surface area (Å²) < 4.78 is 9.18. The molecule has 7 heteroatoms. The van der Waals surface area contributed by atoms with Gasteiger partial charge in [-0.25, -0.2) is 0 Å². The van der Waals surface area contributed by atoms with E-state index in [1.807, 2.05) is 37.3 Å². The molecule has 0 atom stereocenters. The van der Waals surface area contributed by atoms with Crippen molar-refractivity contribution in [3.05, 3.63) is 55.8 Å². The highest BCUT2D eigenvalue weighted by Crippen LogP contribution is 2.41. The van der Waals surface area contributed by atoms with Gasteiger partial charge in [-0.15, -0.1) is 4.91 Å². The molecule has 1 heterocycles. The van der Waals surface area contributed by atoms with Crippen LogP contribution < -0.4 is 4.74 Å². The highest BCUT2D eigenvalue weighted by molar-refractivity contribution is 9.10. The Kier molecular flexibility index (Phi) is 4.91. The van der Waals surface area contributed by atoms with E-state index < -0.39 is 0 Å². The Balaban J connectivity index is 1.90. The zero-order chi connectivity index (χ0) is 17.3. The van der Waals surface area contributed by atoms with Crippen LogP contribution in [0.4, 0.5) is 5.69 Å². The number of halogens is 2. The van der Waals surface area contributed by atoms with Crippen LogP contribution in [0.2, 0.25) is 0 Å². The van der Waals surface area contributed by atoms with Gasteiger partial charge in [0, 0.05) is 14.3 Å². The second-order valence-corrected chi connectivity index (χ2v) is 7.17. The lowest BCUT2D eigenvalue weighted by molar-refractivity contribution is 0.290. The van der Waals surface area contributed by atoms with Gasteiger partial charge in [0.15, 0.2) is 5.69 Å². The van der Waals surface area contributed by atoms with Crippen LogP contribution in [-0.4, -0.2) is 16.3 Å². The molecule has 1 aromatic heterocycles. The fourth-order valence-corrected chi connectivity index (χ4v) is 3.56. The van der Waals surface area contributed by atoms with Crippen molar-refractivity contribution in [2.75, 3.05) is 6.61 Å². The van der Waals surface area contributed by atoms with E-state index in [2.05, 4.69) is 37.0 Å². The Labute approximate surface area is 155 Å². The number of aromatic nitrogens is 1. The van der Waals surface area contributed by atoms with Crippen molar-refractivity contribution in [2.24, 2.45) is 5.18 Å². The number of fused-ring (bicyclic) bond motifs is 1. The number of aromatic hydroxyl groups is 1. The molecule has 0 unspecified atom stereocenters. The summed E-state index contributed by atoms with van der Waals surface area (Å²) in [6, 6.07) is 11.2. The first-order chi connectivity index (χ1) is 11.5. The Morgan fingerprint density at radius 1 is 1.17 bits per heavy atom. The Bertz CT molecular complexity index is 905. The molecule has 124 valence electrons. The van der Waals surface area contributed by atoms with E-state index in [9.17, 15) is 10.0 Å². The minimum atomic E-state index is -0.138. The van der Waals surface area contributed by atoms with Gasteiger partial charge in [0.05, 0.1) is 12.1 Å². The van der Waals surface area contributed by atoms with Crippen molar-refractivity contribution in [1.29, 1.82) is 0 Å². The quantitative estimate of drug-likeness (QED) is 0.507. The molecule has 3 rings (SSSR count). The van der Waals surface area contributed by atoms with Crippen LogP contribution >= 0.6 is 31.9 Å². The summed E-state index contributed by atoms with van der Waals surface area (Å²) in [7, 11) is 0. The van der Waals surface area contributed by atoms with Crippen LogP contribution in [-0.2, 0) is 6.54 Å². The number of hydrogen-bond acceptors (Lipinski definition) is 4. The average molecular weight is 454 g/mol. The van der Waals surface area contributed by atoms with Crippen molar-refractivity contribution < 1.29 is 9.84 Å². The monoisotopic (exact) mass is 452 g/mol. The molecule has 0 amide bonds. The van der Waals surface area contributed by atoms with Crippen molar-refractivity contribution in [1.82, 2.24) is 4.57 Å².